The van der Waals surface area contributed by atoms with Crippen LogP contribution in [-0.4, -0.2) is 57.7 Å². The molecule has 30 heavy (non-hydrogen) atoms. The molecule has 1 aromatic carbocycles. The third-order valence-corrected chi connectivity index (χ3v) is 5.02. The van der Waals surface area contributed by atoms with Gasteiger partial charge in [-0.15, -0.1) is 5.10 Å². The van der Waals surface area contributed by atoms with Crippen LogP contribution in [0.5, 0.6) is 5.75 Å². The van der Waals surface area contributed by atoms with E-state index in [0.29, 0.717) is 36.4 Å². The van der Waals surface area contributed by atoms with Gasteiger partial charge < -0.3 is 14.8 Å². The first-order valence-corrected chi connectivity index (χ1v) is 10.6. The molecule has 0 saturated heterocycles. The van der Waals surface area contributed by atoms with Crippen LogP contribution in [0.2, 0.25) is 0 Å². The fourth-order valence-electron chi connectivity index (χ4n) is 2.64. The molecule has 3 rings (SSSR count). The van der Waals surface area contributed by atoms with E-state index in [0.717, 1.165) is 17.9 Å². The monoisotopic (exact) mass is 428 g/mol. The summed E-state index contributed by atoms with van der Waals surface area (Å²) in [7, 11) is 1.61. The summed E-state index contributed by atoms with van der Waals surface area (Å²) < 4.78 is 12.2. The van der Waals surface area contributed by atoms with Gasteiger partial charge >= 0.3 is 0 Å². The summed E-state index contributed by atoms with van der Waals surface area (Å²) in [5.41, 5.74) is 1.73. The molecule has 1 N–H and O–H groups in total. The zero-order chi connectivity index (χ0) is 21.2. The number of methoxy groups -OCH3 is 1. The van der Waals surface area contributed by atoms with E-state index in [9.17, 15) is 4.79 Å². The van der Waals surface area contributed by atoms with Gasteiger partial charge in [0.2, 0.25) is 0 Å². The molecule has 0 atom stereocenters. The van der Waals surface area contributed by atoms with E-state index in [1.807, 2.05) is 31.2 Å². The predicted molar refractivity (Wildman–Crippen MR) is 113 cm³/mol. The molecule has 0 aliphatic heterocycles. The van der Waals surface area contributed by atoms with Gasteiger partial charge in [0.25, 0.3) is 5.91 Å². The van der Waals surface area contributed by atoms with Crippen molar-refractivity contribution in [3.05, 3.63) is 54.1 Å². The number of thioether (sulfide) groups is 1. The van der Waals surface area contributed by atoms with Crippen molar-refractivity contribution in [2.24, 2.45) is 0 Å². The van der Waals surface area contributed by atoms with Crippen LogP contribution in [0.3, 0.4) is 0 Å². The number of aromatic nitrogens is 5. The average Bonchev–Trinajstić information content (AvgIpc) is 3.22. The highest BCUT2D eigenvalue weighted by atomic mass is 32.2. The second kappa shape index (κ2) is 11.3. The summed E-state index contributed by atoms with van der Waals surface area (Å²) in [6.07, 6.45) is 4.09. The van der Waals surface area contributed by atoms with Crippen LogP contribution in [-0.2, 0) is 10.5 Å². The zero-order valence-electron chi connectivity index (χ0n) is 16.9. The Hall–Kier alpha value is -2.98. The first kappa shape index (κ1) is 21.7. The number of carbonyl (C=O) groups excluding carboxylic acids is 1. The summed E-state index contributed by atoms with van der Waals surface area (Å²) in [5, 5.41) is 11.9. The van der Waals surface area contributed by atoms with E-state index in [-0.39, 0.29) is 11.6 Å². The first-order chi connectivity index (χ1) is 14.7. The topological polar surface area (TPSA) is 104 Å². The third kappa shape index (κ3) is 5.77. The Morgan fingerprint density at radius 1 is 1.20 bits per heavy atom. The van der Waals surface area contributed by atoms with Gasteiger partial charge in [-0.05, 0) is 43.7 Å². The Bertz CT molecular complexity index is 933. The number of hydrogen-bond acceptors (Lipinski definition) is 8. The molecular weight excluding hydrogens is 404 g/mol. The van der Waals surface area contributed by atoms with Crippen molar-refractivity contribution in [3.8, 4) is 11.4 Å². The van der Waals surface area contributed by atoms with Crippen molar-refractivity contribution in [1.82, 2.24) is 30.3 Å². The lowest BCUT2D eigenvalue weighted by atomic mass is 10.2. The van der Waals surface area contributed by atoms with Crippen LogP contribution >= 0.6 is 11.8 Å². The summed E-state index contributed by atoms with van der Waals surface area (Å²) in [6.45, 7) is 3.70. The lowest BCUT2D eigenvalue weighted by Gasteiger charge is -2.09. The predicted octanol–water partition coefficient (Wildman–Crippen LogP) is 2.51. The lowest BCUT2D eigenvalue weighted by Crippen LogP contribution is -2.26. The summed E-state index contributed by atoms with van der Waals surface area (Å²) in [6, 6.07) is 9.16. The van der Waals surface area contributed by atoms with Gasteiger partial charge in [-0.2, -0.15) is 0 Å². The Morgan fingerprint density at radius 3 is 2.67 bits per heavy atom. The number of amides is 1. The Morgan fingerprint density at radius 2 is 1.97 bits per heavy atom. The van der Waals surface area contributed by atoms with Gasteiger partial charge in [0.05, 0.1) is 18.5 Å². The molecule has 0 radical (unpaired) electrons. The minimum atomic E-state index is -0.268. The van der Waals surface area contributed by atoms with Gasteiger partial charge in [0, 0.05) is 37.9 Å². The van der Waals surface area contributed by atoms with E-state index in [2.05, 4.69) is 25.6 Å². The summed E-state index contributed by atoms with van der Waals surface area (Å²) in [5.74, 6) is 0.903. The van der Waals surface area contributed by atoms with Crippen LogP contribution in [0.15, 0.2) is 47.9 Å². The van der Waals surface area contributed by atoms with Crippen molar-refractivity contribution >= 4 is 17.7 Å². The van der Waals surface area contributed by atoms with E-state index in [1.165, 1.54) is 11.8 Å². The molecule has 9 nitrogen and oxygen atoms in total. The van der Waals surface area contributed by atoms with Crippen LogP contribution in [0.1, 0.15) is 29.5 Å². The molecule has 0 spiro atoms. The summed E-state index contributed by atoms with van der Waals surface area (Å²) >= 11 is 1.41. The van der Waals surface area contributed by atoms with Crippen LogP contribution in [0.4, 0.5) is 0 Å². The van der Waals surface area contributed by atoms with Crippen molar-refractivity contribution in [2.75, 3.05) is 26.9 Å². The van der Waals surface area contributed by atoms with Gasteiger partial charge in [0.1, 0.15) is 5.75 Å². The minimum absolute atomic E-state index is 0.268. The highest BCUT2D eigenvalue weighted by molar-refractivity contribution is 7.98. The Kier molecular flexibility index (Phi) is 8.16. The lowest BCUT2D eigenvalue weighted by molar-refractivity contribution is 0.0938. The number of benzene rings is 1. The molecule has 0 saturated carbocycles. The van der Waals surface area contributed by atoms with Crippen LogP contribution < -0.4 is 10.1 Å². The molecule has 0 aliphatic rings. The van der Waals surface area contributed by atoms with E-state index >= 15 is 0 Å². The highest BCUT2D eigenvalue weighted by Crippen LogP contribution is 2.23. The summed E-state index contributed by atoms with van der Waals surface area (Å²) in [4.78, 5) is 21.2. The molecule has 2 aromatic heterocycles. The molecular formula is C20H24N6O3S. The third-order valence-electron chi connectivity index (χ3n) is 4.13. The highest BCUT2D eigenvalue weighted by Gasteiger charge is 2.21. The van der Waals surface area contributed by atoms with Crippen molar-refractivity contribution in [3.63, 3.8) is 0 Å². The van der Waals surface area contributed by atoms with E-state index in [1.54, 1.807) is 30.3 Å². The smallest absolute Gasteiger partial charge is 0.273 e. The molecule has 2 heterocycles. The SMILES string of the molecule is CCOCCCNC(=O)c1nnn(-c2ccc(OC)cc2)c1CSc1ncccn1. The zero-order valence-corrected chi connectivity index (χ0v) is 17.8. The molecule has 0 bridgehead atoms. The standard InChI is InChI=1S/C20H24N6O3S/c1-3-29-13-5-12-21-19(27)18-17(14-30-20-22-10-4-11-23-20)26(25-24-18)15-6-8-16(28-2)9-7-15/h4,6-11H,3,5,12-14H2,1-2H3,(H,21,27). The number of hydrogen-bond donors (Lipinski definition) is 1. The number of ether oxygens (including phenoxy) is 2. The maximum absolute atomic E-state index is 12.7. The minimum Gasteiger partial charge on any atom is -0.497 e. The van der Waals surface area contributed by atoms with Gasteiger partial charge in [-0.25, -0.2) is 14.6 Å². The fourth-order valence-corrected chi connectivity index (χ4v) is 3.43. The Labute approximate surface area is 179 Å². The maximum atomic E-state index is 12.7. The second-order valence-electron chi connectivity index (χ2n) is 6.12. The van der Waals surface area contributed by atoms with Gasteiger partial charge in [0.15, 0.2) is 10.9 Å². The van der Waals surface area contributed by atoms with Gasteiger partial charge in [-0.1, -0.05) is 17.0 Å². The fraction of sp³-hybridized carbons (Fsp3) is 0.350. The average molecular weight is 429 g/mol. The maximum Gasteiger partial charge on any atom is 0.273 e. The van der Waals surface area contributed by atoms with Crippen molar-refractivity contribution < 1.29 is 14.3 Å². The van der Waals surface area contributed by atoms with Crippen LogP contribution in [0, 0.1) is 0 Å². The molecule has 0 unspecified atom stereocenters. The molecule has 0 aliphatic carbocycles. The largest absolute Gasteiger partial charge is 0.497 e. The first-order valence-electron chi connectivity index (χ1n) is 9.57. The molecule has 10 heteroatoms. The van der Waals surface area contributed by atoms with Crippen molar-refractivity contribution in [2.45, 2.75) is 24.3 Å². The van der Waals surface area contributed by atoms with Crippen LogP contribution in [0.25, 0.3) is 5.69 Å². The van der Waals surface area contributed by atoms with E-state index in [4.69, 9.17) is 9.47 Å². The molecule has 3 aromatic rings. The molecule has 1 amide bonds. The second-order valence-corrected chi connectivity index (χ2v) is 7.06. The molecule has 0 fully saturated rings. The van der Waals surface area contributed by atoms with Crippen molar-refractivity contribution in [1.29, 1.82) is 0 Å². The number of carbonyl (C=O) groups is 1. The Balaban J connectivity index is 1.80. The van der Waals surface area contributed by atoms with E-state index < -0.39 is 0 Å². The number of nitrogens with one attached hydrogen (secondary N) is 1. The van der Waals surface area contributed by atoms with Gasteiger partial charge in [-0.3, -0.25) is 4.79 Å². The number of rotatable bonds is 11. The number of nitrogens with zero attached hydrogens (tertiary/aromatic N) is 5. The molecule has 158 valence electrons. The normalized spacial score (nSPS) is 10.7. The quantitative estimate of drug-likeness (QED) is 0.282.